The van der Waals surface area contributed by atoms with Crippen molar-refractivity contribution in [1.82, 2.24) is 9.38 Å². The van der Waals surface area contributed by atoms with Gasteiger partial charge < -0.3 is 9.36 Å². The Morgan fingerprint density at radius 2 is 1.69 bits per heavy atom. The van der Waals surface area contributed by atoms with E-state index in [-0.39, 0.29) is 36.5 Å². The van der Waals surface area contributed by atoms with Gasteiger partial charge in [0, 0.05) is 37.1 Å². The molecule has 0 bridgehead atoms. The van der Waals surface area contributed by atoms with Crippen molar-refractivity contribution in [3.05, 3.63) is 65.7 Å². The van der Waals surface area contributed by atoms with Crippen molar-refractivity contribution in [2.45, 2.75) is 52.4 Å². The Morgan fingerprint density at radius 1 is 1.08 bits per heavy atom. The van der Waals surface area contributed by atoms with E-state index in [0.717, 1.165) is 33.5 Å². The predicted molar refractivity (Wildman–Crippen MR) is 102 cm³/mol. The van der Waals surface area contributed by atoms with E-state index >= 15 is 0 Å². The van der Waals surface area contributed by atoms with E-state index in [1.165, 1.54) is 4.57 Å². The first-order chi connectivity index (χ1) is 11.4. The first-order valence-electron chi connectivity index (χ1n) is 8.50. The quantitative estimate of drug-likeness (QED) is 0.254. The summed E-state index contributed by atoms with van der Waals surface area (Å²) in [6.45, 7) is 16.9. The fourth-order valence-electron chi connectivity index (χ4n) is 3.12. The van der Waals surface area contributed by atoms with Gasteiger partial charge in [0.15, 0.2) is 0 Å². The Bertz CT molecular complexity index is 1050. The van der Waals surface area contributed by atoms with Crippen LogP contribution >= 0.6 is 0 Å². The zero-order valence-electron chi connectivity index (χ0n) is 16.3. The number of pyridine rings is 2. The summed E-state index contributed by atoms with van der Waals surface area (Å²) in [6.07, 6.45) is 1.97. The second kappa shape index (κ2) is 6.40. The van der Waals surface area contributed by atoms with Crippen molar-refractivity contribution in [2.24, 2.45) is 0 Å². The SMILES string of the molecule is [CH2-]c1cc(C(C)(C)C)nc2ccn3c(C(C)(C)C)cc(=O)[n+]([CH2-])c3c12.[Ir]. The molecule has 3 aromatic heterocycles. The third-order valence-electron chi connectivity index (χ3n) is 4.54. The van der Waals surface area contributed by atoms with Crippen LogP contribution in [0.15, 0.2) is 29.2 Å². The minimum atomic E-state index is -0.176. The summed E-state index contributed by atoms with van der Waals surface area (Å²) >= 11 is 0. The fourth-order valence-corrected chi connectivity index (χ4v) is 3.12. The van der Waals surface area contributed by atoms with Gasteiger partial charge in [-0.2, -0.15) is 12.5 Å². The molecule has 0 N–H and O–H groups in total. The third kappa shape index (κ3) is 3.26. The van der Waals surface area contributed by atoms with Gasteiger partial charge in [0.25, 0.3) is 0 Å². The van der Waals surface area contributed by atoms with E-state index in [2.05, 4.69) is 55.5 Å². The van der Waals surface area contributed by atoms with Crippen molar-refractivity contribution in [1.29, 1.82) is 0 Å². The molecule has 4 nitrogen and oxygen atoms in total. The topological polar surface area (TPSA) is 38.3 Å². The third-order valence-corrected chi connectivity index (χ3v) is 4.54. The van der Waals surface area contributed by atoms with Gasteiger partial charge in [-0.05, 0) is 24.2 Å². The molecule has 3 rings (SSSR count). The summed E-state index contributed by atoms with van der Waals surface area (Å²) in [5.74, 6) is 0. The molecule has 0 saturated carbocycles. The second-order valence-corrected chi connectivity index (χ2v) is 8.73. The molecule has 5 heteroatoms. The van der Waals surface area contributed by atoms with Crippen molar-refractivity contribution in [2.75, 3.05) is 0 Å². The number of aromatic nitrogens is 3. The molecule has 0 aliphatic heterocycles. The van der Waals surface area contributed by atoms with Crippen LogP contribution in [0.1, 0.15) is 58.5 Å². The van der Waals surface area contributed by atoms with Crippen LogP contribution in [-0.2, 0) is 30.9 Å². The van der Waals surface area contributed by atoms with Gasteiger partial charge >= 0.3 is 0 Å². The van der Waals surface area contributed by atoms with Crippen LogP contribution in [0.2, 0.25) is 0 Å². The zero-order valence-corrected chi connectivity index (χ0v) is 18.7. The molecule has 1 radical (unpaired) electrons. The molecule has 0 atom stereocenters. The molecule has 0 aromatic carbocycles. The van der Waals surface area contributed by atoms with Crippen molar-refractivity contribution < 1.29 is 24.7 Å². The van der Waals surface area contributed by atoms with Crippen molar-refractivity contribution in [3.8, 4) is 0 Å². The monoisotopic (exact) mass is 529 g/mol. The summed E-state index contributed by atoms with van der Waals surface area (Å²) in [4.78, 5) is 17.4. The molecular weight excluding hydrogens is 502 g/mol. The van der Waals surface area contributed by atoms with E-state index in [9.17, 15) is 4.79 Å². The minimum absolute atomic E-state index is 0. The summed E-state index contributed by atoms with van der Waals surface area (Å²) in [7, 11) is 3.96. The van der Waals surface area contributed by atoms with Crippen molar-refractivity contribution >= 4 is 16.6 Å². The van der Waals surface area contributed by atoms with Gasteiger partial charge in [0.1, 0.15) is 5.65 Å². The molecule has 0 saturated heterocycles. The Balaban J connectivity index is 0.00000243. The van der Waals surface area contributed by atoms with Crippen LogP contribution in [-0.4, -0.2) is 9.38 Å². The molecule has 0 aliphatic carbocycles. The van der Waals surface area contributed by atoms with Gasteiger partial charge in [-0.1, -0.05) is 46.9 Å². The van der Waals surface area contributed by atoms with E-state index < -0.39 is 0 Å². The molecule has 0 aliphatic rings. The van der Waals surface area contributed by atoms with Gasteiger partial charge in [0.05, 0.1) is 11.9 Å². The first-order valence-corrected chi connectivity index (χ1v) is 8.50. The maximum Gasteiger partial charge on any atom is 0.229 e. The van der Waals surface area contributed by atoms with Gasteiger partial charge in [-0.25, -0.2) is 0 Å². The standard InChI is InChI=1S/C21H26N3O.Ir/c1-13-11-15(20(2,3)4)22-14-9-10-24-16(21(5,6)7)12-17(25)23(8)19(24)18(13)14;/h9-12H,1,8H2,2-7H3;/q-1;. The molecule has 0 fully saturated rings. The van der Waals surface area contributed by atoms with Crippen LogP contribution in [0, 0.1) is 14.0 Å². The van der Waals surface area contributed by atoms with Crippen LogP contribution in [0.4, 0.5) is 0 Å². The Hall–Kier alpha value is -1.84. The van der Waals surface area contributed by atoms with Gasteiger partial charge in [-0.15, -0.1) is 6.07 Å². The van der Waals surface area contributed by atoms with Crippen LogP contribution in [0.5, 0.6) is 0 Å². The summed E-state index contributed by atoms with van der Waals surface area (Å²) in [5.41, 5.74) is 3.97. The fraction of sp³-hybridized carbons (Fsp3) is 0.381. The van der Waals surface area contributed by atoms with E-state index in [1.807, 2.05) is 22.7 Å². The van der Waals surface area contributed by atoms with E-state index in [1.54, 1.807) is 6.07 Å². The summed E-state index contributed by atoms with van der Waals surface area (Å²) in [5, 5.41) is 0.869. The maximum atomic E-state index is 12.5. The number of rotatable bonds is 0. The van der Waals surface area contributed by atoms with Gasteiger partial charge in [0.2, 0.25) is 5.56 Å². The number of hydrogen-bond donors (Lipinski definition) is 0. The molecule has 3 heterocycles. The molecule has 26 heavy (non-hydrogen) atoms. The molecule has 0 amide bonds. The molecule has 3 aromatic rings. The maximum absolute atomic E-state index is 12.5. The largest absolute Gasteiger partial charge is 0.342 e. The zero-order chi connectivity index (χ0) is 18.7. The Kier molecular flexibility index (Phi) is 5.04. The summed E-state index contributed by atoms with van der Waals surface area (Å²) < 4.78 is 3.47. The first kappa shape index (κ1) is 20.5. The average molecular weight is 529 g/mol. The number of hydrogen-bond acceptors (Lipinski definition) is 2. The van der Waals surface area contributed by atoms with Crippen molar-refractivity contribution in [3.63, 3.8) is 0 Å². The van der Waals surface area contributed by atoms with Crippen LogP contribution in [0.3, 0.4) is 0 Å². The Morgan fingerprint density at radius 3 is 2.23 bits per heavy atom. The predicted octanol–water partition coefficient (Wildman–Crippen LogP) is 3.55. The molecule has 0 unspecified atom stereocenters. The van der Waals surface area contributed by atoms with Crippen LogP contribution in [0.25, 0.3) is 16.6 Å². The van der Waals surface area contributed by atoms with Gasteiger partial charge in [-0.3, -0.25) is 9.38 Å². The molecule has 0 spiro atoms. The number of fused-ring (bicyclic) bond motifs is 3. The average Bonchev–Trinajstić information content (AvgIpc) is 2.48. The minimum Gasteiger partial charge on any atom is -0.342 e. The van der Waals surface area contributed by atoms with E-state index in [0.29, 0.717) is 0 Å². The number of nitrogens with zero attached hydrogens (tertiary/aromatic N) is 3. The normalized spacial score (nSPS) is 12.4. The molecular formula is C21H26IrN3O-. The Labute approximate surface area is 168 Å². The smallest absolute Gasteiger partial charge is 0.229 e. The van der Waals surface area contributed by atoms with E-state index in [4.69, 9.17) is 4.98 Å². The second-order valence-electron chi connectivity index (χ2n) is 8.73. The summed E-state index contributed by atoms with van der Waals surface area (Å²) in [6, 6.07) is 5.66. The van der Waals surface area contributed by atoms with Crippen LogP contribution < -0.4 is 10.1 Å². The molecule has 141 valence electrons.